The number of pyridine rings is 1. The number of benzene rings is 2. The van der Waals surface area contributed by atoms with E-state index >= 15 is 0 Å². The van der Waals surface area contributed by atoms with Crippen molar-refractivity contribution in [1.29, 1.82) is 0 Å². The molecule has 3 aromatic rings. The van der Waals surface area contributed by atoms with Crippen molar-refractivity contribution < 1.29 is 9.59 Å². The average molecular weight is 520 g/mol. The molecule has 36 heavy (non-hydrogen) atoms. The summed E-state index contributed by atoms with van der Waals surface area (Å²) in [7, 11) is 0. The summed E-state index contributed by atoms with van der Waals surface area (Å²) in [6.45, 7) is 4.16. The molecule has 0 spiro atoms. The van der Waals surface area contributed by atoms with Crippen molar-refractivity contribution in [3.8, 4) is 0 Å². The minimum atomic E-state index is -0.687. The molecule has 1 aliphatic carbocycles. The third-order valence-electron chi connectivity index (χ3n) is 6.79. The number of ketones is 1. The maximum atomic E-state index is 14.0. The first-order chi connectivity index (χ1) is 17.2. The molecule has 184 valence electrons. The van der Waals surface area contributed by atoms with Crippen LogP contribution < -0.4 is 10.2 Å². The average Bonchev–Trinajstić information content (AvgIpc) is 2.97. The second kappa shape index (κ2) is 9.72. The number of rotatable bonds is 4. The highest BCUT2D eigenvalue weighted by atomic mass is 35.5. The molecule has 1 aliphatic heterocycles. The van der Waals surface area contributed by atoms with Crippen LogP contribution in [0.3, 0.4) is 0 Å². The molecular formula is C29H27Cl2N3O2. The number of aromatic nitrogens is 1. The first kappa shape index (κ1) is 24.5. The second-order valence-electron chi connectivity index (χ2n) is 10.2. The predicted molar refractivity (Wildman–Crippen MR) is 144 cm³/mol. The molecule has 1 N–H and O–H groups in total. The highest BCUT2D eigenvalue weighted by Crippen LogP contribution is 2.49. The van der Waals surface area contributed by atoms with Gasteiger partial charge in [-0.15, -0.1) is 0 Å². The molecule has 0 saturated heterocycles. The van der Waals surface area contributed by atoms with Gasteiger partial charge in [0.25, 0.3) is 0 Å². The van der Waals surface area contributed by atoms with Crippen LogP contribution in [0.5, 0.6) is 0 Å². The van der Waals surface area contributed by atoms with E-state index in [1.807, 2.05) is 42.5 Å². The lowest BCUT2D eigenvalue weighted by atomic mass is 9.73. The number of Topliss-reactive ketones (excluding diaryl/α,β-unsaturated/α-hetero) is 1. The standard InChI is InChI=1S/C29H27Cl2N3O2/c1-29(2)15-22-27(25(35)16-29)28(20-10-9-19(30)14-21(20)31)34(24-12-13-32-17-23(24)33-22)26(36)11-8-18-6-4-3-5-7-18/h3-7,9-10,12-14,17,28,33H,8,11,15-16H2,1-2H3. The Hall–Kier alpha value is -3.15. The first-order valence-corrected chi connectivity index (χ1v) is 12.8. The van der Waals surface area contributed by atoms with Crippen molar-refractivity contribution in [2.45, 2.75) is 45.6 Å². The van der Waals surface area contributed by atoms with Crippen LogP contribution in [-0.2, 0) is 16.0 Å². The Bertz CT molecular complexity index is 1370. The summed E-state index contributed by atoms with van der Waals surface area (Å²) in [4.78, 5) is 33.8. The zero-order valence-electron chi connectivity index (χ0n) is 20.2. The highest BCUT2D eigenvalue weighted by Gasteiger charge is 2.43. The number of halogens is 2. The van der Waals surface area contributed by atoms with E-state index in [0.717, 1.165) is 11.3 Å². The number of allylic oxidation sites excluding steroid dienone is 1. The van der Waals surface area contributed by atoms with E-state index in [1.165, 1.54) is 0 Å². The van der Waals surface area contributed by atoms with Gasteiger partial charge in [-0.25, -0.2) is 0 Å². The number of hydrogen-bond donors (Lipinski definition) is 1. The number of carbonyl (C=O) groups is 2. The molecule has 7 heteroatoms. The molecule has 2 aromatic carbocycles. The van der Waals surface area contributed by atoms with Gasteiger partial charge in [-0.1, -0.05) is 73.4 Å². The third-order valence-corrected chi connectivity index (χ3v) is 7.35. The molecule has 5 nitrogen and oxygen atoms in total. The first-order valence-electron chi connectivity index (χ1n) is 12.0. The number of anilines is 2. The lowest BCUT2D eigenvalue weighted by Crippen LogP contribution is -2.39. The van der Waals surface area contributed by atoms with Gasteiger partial charge in [0, 0.05) is 40.4 Å². The van der Waals surface area contributed by atoms with E-state index in [9.17, 15) is 9.59 Å². The molecule has 2 heterocycles. The molecule has 1 unspecified atom stereocenters. The van der Waals surface area contributed by atoms with Gasteiger partial charge >= 0.3 is 0 Å². The van der Waals surface area contributed by atoms with E-state index in [0.29, 0.717) is 51.8 Å². The summed E-state index contributed by atoms with van der Waals surface area (Å²) in [5.74, 6) is -0.0955. The molecule has 0 fully saturated rings. The van der Waals surface area contributed by atoms with Crippen LogP contribution in [0.2, 0.25) is 10.0 Å². The number of nitrogens with zero attached hydrogens (tertiary/aromatic N) is 2. The summed E-state index contributed by atoms with van der Waals surface area (Å²) in [6, 6.07) is 16.3. The Morgan fingerprint density at radius 2 is 1.89 bits per heavy atom. The summed E-state index contributed by atoms with van der Waals surface area (Å²) in [6.07, 6.45) is 5.27. The molecule has 1 amide bonds. The lowest BCUT2D eigenvalue weighted by molar-refractivity contribution is -0.119. The van der Waals surface area contributed by atoms with Crippen molar-refractivity contribution >= 4 is 46.3 Å². The molecule has 1 atom stereocenters. The maximum absolute atomic E-state index is 14.0. The van der Waals surface area contributed by atoms with Crippen LogP contribution in [-0.4, -0.2) is 16.7 Å². The number of nitrogens with one attached hydrogen (secondary N) is 1. The minimum Gasteiger partial charge on any atom is -0.356 e. The quantitative estimate of drug-likeness (QED) is 0.397. The van der Waals surface area contributed by atoms with E-state index < -0.39 is 6.04 Å². The van der Waals surface area contributed by atoms with Gasteiger partial charge in [-0.2, -0.15) is 0 Å². The van der Waals surface area contributed by atoms with Crippen LogP contribution in [0.1, 0.15) is 50.3 Å². The Morgan fingerprint density at radius 3 is 2.64 bits per heavy atom. The van der Waals surface area contributed by atoms with E-state index in [2.05, 4.69) is 24.1 Å². The van der Waals surface area contributed by atoms with Crippen LogP contribution in [0.15, 0.2) is 78.3 Å². The summed E-state index contributed by atoms with van der Waals surface area (Å²) in [5.41, 5.74) is 4.26. The molecule has 0 radical (unpaired) electrons. The van der Waals surface area contributed by atoms with Gasteiger partial charge in [0.05, 0.1) is 23.6 Å². The molecular weight excluding hydrogens is 493 g/mol. The topological polar surface area (TPSA) is 62.3 Å². The predicted octanol–water partition coefficient (Wildman–Crippen LogP) is 7.16. The zero-order valence-corrected chi connectivity index (χ0v) is 21.7. The number of carbonyl (C=O) groups excluding carboxylic acids is 2. The van der Waals surface area contributed by atoms with Crippen molar-refractivity contribution in [2.24, 2.45) is 5.41 Å². The zero-order chi connectivity index (χ0) is 25.4. The number of fused-ring (bicyclic) bond motifs is 1. The Kier molecular flexibility index (Phi) is 6.62. The highest BCUT2D eigenvalue weighted by molar-refractivity contribution is 6.35. The van der Waals surface area contributed by atoms with Gasteiger partial charge in [0.2, 0.25) is 5.91 Å². The van der Waals surface area contributed by atoms with Gasteiger partial charge in [-0.05, 0) is 47.6 Å². The van der Waals surface area contributed by atoms with E-state index in [-0.39, 0.29) is 23.5 Å². The van der Waals surface area contributed by atoms with Crippen LogP contribution in [0, 0.1) is 5.41 Å². The summed E-state index contributed by atoms with van der Waals surface area (Å²) >= 11 is 13.0. The smallest absolute Gasteiger partial charge is 0.228 e. The molecule has 0 bridgehead atoms. The minimum absolute atomic E-state index is 0.00592. The fourth-order valence-electron chi connectivity index (χ4n) is 5.20. The van der Waals surface area contributed by atoms with E-state index in [1.54, 1.807) is 29.4 Å². The molecule has 5 rings (SSSR count). The maximum Gasteiger partial charge on any atom is 0.228 e. The molecule has 0 saturated carbocycles. The normalized spacial score (nSPS) is 18.7. The van der Waals surface area contributed by atoms with Gasteiger partial charge in [-0.3, -0.25) is 19.5 Å². The van der Waals surface area contributed by atoms with Gasteiger partial charge in [0.15, 0.2) is 5.78 Å². The van der Waals surface area contributed by atoms with Crippen LogP contribution in [0.4, 0.5) is 11.4 Å². The molecule has 1 aromatic heterocycles. The number of aryl methyl sites for hydroxylation is 1. The Labute approximate surface area is 221 Å². The van der Waals surface area contributed by atoms with Crippen molar-refractivity contribution in [1.82, 2.24) is 4.98 Å². The van der Waals surface area contributed by atoms with Crippen LogP contribution in [0.25, 0.3) is 0 Å². The van der Waals surface area contributed by atoms with Gasteiger partial charge in [0.1, 0.15) is 0 Å². The third kappa shape index (κ3) is 4.78. The van der Waals surface area contributed by atoms with Crippen molar-refractivity contribution in [3.63, 3.8) is 0 Å². The largest absolute Gasteiger partial charge is 0.356 e. The lowest BCUT2D eigenvalue weighted by Gasteiger charge is -2.37. The van der Waals surface area contributed by atoms with Gasteiger partial charge < -0.3 is 5.32 Å². The number of amides is 1. The van der Waals surface area contributed by atoms with Crippen molar-refractivity contribution in [2.75, 3.05) is 10.2 Å². The second-order valence-corrected chi connectivity index (χ2v) is 11.0. The Morgan fingerprint density at radius 1 is 1.11 bits per heavy atom. The Balaban J connectivity index is 1.68. The van der Waals surface area contributed by atoms with Crippen LogP contribution >= 0.6 is 23.2 Å². The fourth-order valence-corrected chi connectivity index (χ4v) is 5.71. The molecule has 2 aliphatic rings. The fraction of sp³-hybridized carbons (Fsp3) is 0.276. The SMILES string of the molecule is CC1(C)CC(=O)C2=C(C1)Nc1cnccc1N(C(=O)CCc1ccccc1)C2c1ccc(Cl)cc1Cl. The summed E-state index contributed by atoms with van der Waals surface area (Å²) in [5, 5.41) is 4.38. The van der Waals surface area contributed by atoms with Crippen molar-refractivity contribution in [3.05, 3.63) is 99.4 Å². The van der Waals surface area contributed by atoms with E-state index in [4.69, 9.17) is 23.2 Å². The monoisotopic (exact) mass is 519 g/mol. The number of hydrogen-bond acceptors (Lipinski definition) is 4. The summed E-state index contributed by atoms with van der Waals surface area (Å²) < 4.78 is 0.